The first-order chi connectivity index (χ1) is 6.18. The number of hydrogen-bond acceptors (Lipinski definition) is 1. The van der Waals surface area contributed by atoms with Gasteiger partial charge in [0.1, 0.15) is 0 Å². The topological polar surface area (TPSA) is 23.6 Å². The maximum absolute atomic E-state index is 11.6. The van der Waals surface area contributed by atoms with Crippen LogP contribution in [0.1, 0.15) is 12.8 Å². The predicted molar refractivity (Wildman–Crippen MR) is 50.9 cm³/mol. The lowest BCUT2D eigenvalue weighted by atomic mass is 10.3. The molecule has 2 aliphatic rings. The van der Waals surface area contributed by atoms with Gasteiger partial charge in [0.05, 0.1) is 0 Å². The molecule has 0 spiro atoms. The number of allylic oxidation sites excluding steroid dienone is 1. The summed E-state index contributed by atoms with van der Waals surface area (Å²) in [5.41, 5.74) is 0.761. The number of urea groups is 1. The van der Waals surface area contributed by atoms with Crippen molar-refractivity contribution in [2.45, 2.75) is 12.8 Å². The molecule has 0 aromatic heterocycles. The molecule has 70 valence electrons. The van der Waals surface area contributed by atoms with Crippen LogP contribution in [-0.2, 0) is 0 Å². The van der Waals surface area contributed by atoms with Crippen LogP contribution in [-0.4, -0.2) is 29.4 Å². The minimum Gasteiger partial charge on any atom is -0.300 e. The Morgan fingerprint density at radius 3 is 2.92 bits per heavy atom. The Kier molecular flexibility index (Phi) is 1.87. The fourth-order valence-electron chi connectivity index (χ4n) is 1.38. The van der Waals surface area contributed by atoms with Gasteiger partial charge >= 0.3 is 6.03 Å². The SMILES string of the molecule is C=C1C=CN(CC2CC2)C(=O)N1C. The smallest absolute Gasteiger partial charge is 0.300 e. The number of carbonyl (C=O) groups is 1. The number of likely N-dealkylation sites (N-methyl/N-ethyl adjacent to an activating group) is 1. The van der Waals surface area contributed by atoms with Gasteiger partial charge in [-0.3, -0.25) is 4.90 Å². The largest absolute Gasteiger partial charge is 0.328 e. The Balaban J connectivity index is 2.06. The van der Waals surface area contributed by atoms with E-state index < -0.39 is 0 Å². The summed E-state index contributed by atoms with van der Waals surface area (Å²) in [6.45, 7) is 4.63. The first-order valence-electron chi connectivity index (χ1n) is 4.60. The minimum atomic E-state index is 0.0411. The van der Waals surface area contributed by atoms with Crippen molar-refractivity contribution in [3.63, 3.8) is 0 Å². The zero-order chi connectivity index (χ0) is 9.42. The van der Waals surface area contributed by atoms with Gasteiger partial charge in [0.15, 0.2) is 0 Å². The normalized spacial score (nSPS) is 22.8. The summed E-state index contributed by atoms with van der Waals surface area (Å²) in [6, 6.07) is 0.0411. The van der Waals surface area contributed by atoms with E-state index in [1.165, 1.54) is 12.8 Å². The van der Waals surface area contributed by atoms with Crippen LogP contribution in [0, 0.1) is 5.92 Å². The summed E-state index contributed by atoms with van der Waals surface area (Å²) in [6.07, 6.45) is 6.25. The molecular formula is C10H14N2O. The highest BCUT2D eigenvalue weighted by molar-refractivity contribution is 5.79. The lowest BCUT2D eigenvalue weighted by molar-refractivity contribution is 0.186. The summed E-state index contributed by atoms with van der Waals surface area (Å²) in [5, 5.41) is 0. The average molecular weight is 178 g/mol. The van der Waals surface area contributed by atoms with Crippen LogP contribution in [0.2, 0.25) is 0 Å². The van der Waals surface area contributed by atoms with Gasteiger partial charge < -0.3 is 4.90 Å². The van der Waals surface area contributed by atoms with E-state index in [2.05, 4.69) is 6.58 Å². The minimum absolute atomic E-state index is 0.0411. The van der Waals surface area contributed by atoms with Crippen LogP contribution in [0.15, 0.2) is 24.6 Å². The van der Waals surface area contributed by atoms with Gasteiger partial charge in [-0.15, -0.1) is 0 Å². The first kappa shape index (κ1) is 8.35. The van der Waals surface area contributed by atoms with Crippen LogP contribution in [0.5, 0.6) is 0 Å². The van der Waals surface area contributed by atoms with Gasteiger partial charge in [-0.2, -0.15) is 0 Å². The van der Waals surface area contributed by atoms with Crippen LogP contribution < -0.4 is 0 Å². The van der Waals surface area contributed by atoms with Crippen LogP contribution >= 0.6 is 0 Å². The van der Waals surface area contributed by atoms with E-state index >= 15 is 0 Å². The van der Waals surface area contributed by atoms with E-state index in [1.807, 2.05) is 12.3 Å². The Hall–Kier alpha value is -1.25. The van der Waals surface area contributed by atoms with Gasteiger partial charge in [-0.05, 0) is 24.8 Å². The Morgan fingerprint density at radius 2 is 2.31 bits per heavy atom. The van der Waals surface area contributed by atoms with Gasteiger partial charge in [-0.25, -0.2) is 4.79 Å². The number of hydrogen-bond donors (Lipinski definition) is 0. The molecule has 0 unspecified atom stereocenters. The van der Waals surface area contributed by atoms with E-state index in [0.717, 1.165) is 18.2 Å². The molecule has 13 heavy (non-hydrogen) atoms. The molecule has 3 nitrogen and oxygen atoms in total. The monoisotopic (exact) mass is 178 g/mol. The van der Waals surface area contributed by atoms with Crippen molar-refractivity contribution in [2.75, 3.05) is 13.6 Å². The third-order valence-electron chi connectivity index (χ3n) is 2.56. The molecule has 1 aliphatic carbocycles. The molecule has 0 atom stereocenters. The van der Waals surface area contributed by atoms with E-state index in [-0.39, 0.29) is 6.03 Å². The number of rotatable bonds is 2. The summed E-state index contributed by atoms with van der Waals surface area (Å²) in [7, 11) is 1.76. The molecule has 1 fully saturated rings. The Morgan fingerprint density at radius 1 is 1.62 bits per heavy atom. The fraction of sp³-hybridized carbons (Fsp3) is 0.500. The standard InChI is InChI=1S/C10H14N2O/c1-8-5-6-12(7-9-3-4-9)10(13)11(8)2/h5-6,9H,1,3-4,7H2,2H3. The second-order valence-electron chi connectivity index (χ2n) is 3.74. The highest BCUT2D eigenvalue weighted by atomic mass is 16.2. The molecular weight excluding hydrogens is 164 g/mol. The van der Waals surface area contributed by atoms with Crippen molar-refractivity contribution in [1.29, 1.82) is 0 Å². The van der Waals surface area contributed by atoms with E-state index in [4.69, 9.17) is 0 Å². The zero-order valence-corrected chi connectivity index (χ0v) is 7.86. The zero-order valence-electron chi connectivity index (χ0n) is 7.86. The number of nitrogens with zero attached hydrogens (tertiary/aromatic N) is 2. The lowest BCUT2D eigenvalue weighted by Crippen LogP contribution is -2.40. The average Bonchev–Trinajstić information content (AvgIpc) is 2.90. The van der Waals surface area contributed by atoms with Crippen molar-refractivity contribution >= 4 is 6.03 Å². The molecule has 2 rings (SSSR count). The second kappa shape index (κ2) is 2.91. The number of amides is 2. The van der Waals surface area contributed by atoms with Crippen molar-refractivity contribution in [3.05, 3.63) is 24.6 Å². The molecule has 0 N–H and O–H groups in total. The molecule has 1 heterocycles. The van der Waals surface area contributed by atoms with Crippen LogP contribution in [0.4, 0.5) is 4.79 Å². The molecule has 1 saturated carbocycles. The van der Waals surface area contributed by atoms with E-state index in [1.54, 1.807) is 16.8 Å². The number of carbonyl (C=O) groups excluding carboxylic acids is 1. The molecule has 0 radical (unpaired) electrons. The highest BCUT2D eigenvalue weighted by Crippen LogP contribution is 2.30. The van der Waals surface area contributed by atoms with E-state index in [9.17, 15) is 4.79 Å². The quantitative estimate of drug-likeness (QED) is 0.632. The first-order valence-corrected chi connectivity index (χ1v) is 4.60. The summed E-state index contributed by atoms with van der Waals surface area (Å²) in [5.74, 6) is 0.730. The van der Waals surface area contributed by atoms with Crippen LogP contribution in [0.3, 0.4) is 0 Å². The lowest BCUT2D eigenvalue weighted by Gasteiger charge is -2.29. The van der Waals surface area contributed by atoms with Gasteiger partial charge in [-0.1, -0.05) is 6.58 Å². The van der Waals surface area contributed by atoms with Gasteiger partial charge in [0.2, 0.25) is 0 Å². The molecule has 0 aromatic rings. The van der Waals surface area contributed by atoms with Crippen molar-refractivity contribution in [2.24, 2.45) is 5.92 Å². The third kappa shape index (κ3) is 1.59. The predicted octanol–water partition coefficient (Wildman–Crippen LogP) is 1.79. The second-order valence-corrected chi connectivity index (χ2v) is 3.74. The van der Waals surface area contributed by atoms with Gasteiger partial charge in [0.25, 0.3) is 0 Å². The molecule has 0 bridgehead atoms. The molecule has 0 aromatic carbocycles. The molecule has 2 amide bonds. The van der Waals surface area contributed by atoms with Gasteiger partial charge in [0, 0.05) is 25.5 Å². The molecule has 3 heteroatoms. The fourth-order valence-corrected chi connectivity index (χ4v) is 1.38. The summed E-state index contributed by atoms with van der Waals surface area (Å²) < 4.78 is 0. The van der Waals surface area contributed by atoms with Crippen molar-refractivity contribution in [1.82, 2.24) is 9.80 Å². The van der Waals surface area contributed by atoms with E-state index in [0.29, 0.717) is 0 Å². The summed E-state index contributed by atoms with van der Waals surface area (Å²) >= 11 is 0. The Bertz CT molecular complexity index is 279. The Labute approximate surface area is 78.3 Å². The molecule has 0 saturated heterocycles. The maximum atomic E-state index is 11.6. The molecule has 1 aliphatic heterocycles. The van der Waals surface area contributed by atoms with Crippen LogP contribution in [0.25, 0.3) is 0 Å². The summed E-state index contributed by atoms with van der Waals surface area (Å²) in [4.78, 5) is 15.0. The van der Waals surface area contributed by atoms with Crippen molar-refractivity contribution in [3.8, 4) is 0 Å². The third-order valence-corrected chi connectivity index (χ3v) is 2.56. The maximum Gasteiger partial charge on any atom is 0.328 e. The highest BCUT2D eigenvalue weighted by Gasteiger charge is 2.28. The van der Waals surface area contributed by atoms with Crippen molar-refractivity contribution < 1.29 is 4.79 Å².